The summed E-state index contributed by atoms with van der Waals surface area (Å²) < 4.78 is 0. The summed E-state index contributed by atoms with van der Waals surface area (Å²) in [4.78, 5) is 40.8. The number of hydrogen-bond donors (Lipinski definition) is 2. The van der Waals surface area contributed by atoms with Crippen LogP contribution in [0.1, 0.15) is 46.8 Å². The molecule has 7 nitrogen and oxygen atoms in total. The van der Waals surface area contributed by atoms with Crippen molar-refractivity contribution < 1.29 is 19.5 Å². The van der Waals surface area contributed by atoms with E-state index in [1.54, 1.807) is 0 Å². The molecule has 0 bridgehead atoms. The van der Waals surface area contributed by atoms with E-state index >= 15 is 0 Å². The average Bonchev–Trinajstić information content (AvgIpc) is 2.90. The van der Waals surface area contributed by atoms with Crippen LogP contribution in [0, 0.1) is 0 Å². The fourth-order valence-electron chi connectivity index (χ4n) is 4.69. The van der Waals surface area contributed by atoms with Crippen molar-refractivity contribution in [1.29, 1.82) is 0 Å². The first-order chi connectivity index (χ1) is 17.9. The monoisotopic (exact) mass is 519 g/mol. The Balaban J connectivity index is 1.28. The van der Waals surface area contributed by atoms with Gasteiger partial charge in [-0.3, -0.25) is 14.5 Å². The molecule has 0 atom stereocenters. The molecule has 0 aromatic heterocycles. The Hall–Kier alpha value is -3.68. The van der Waals surface area contributed by atoms with E-state index in [2.05, 4.69) is 58.7 Å². The minimum Gasteiger partial charge on any atom is -0.478 e. The van der Waals surface area contributed by atoms with Crippen molar-refractivity contribution in [3.63, 3.8) is 0 Å². The molecule has 1 fully saturated rings. The number of carboxylic acids is 1. The molecule has 2 amide bonds. The molecular formula is C29H30ClN3O4. The van der Waals surface area contributed by atoms with E-state index in [9.17, 15) is 19.5 Å². The number of benzene rings is 3. The minimum atomic E-state index is -1.15. The van der Waals surface area contributed by atoms with Crippen LogP contribution in [0.25, 0.3) is 0 Å². The zero-order valence-electron chi connectivity index (χ0n) is 20.5. The normalized spacial score (nSPS) is 13.9. The van der Waals surface area contributed by atoms with Gasteiger partial charge in [0.15, 0.2) is 0 Å². The molecule has 1 saturated heterocycles. The van der Waals surface area contributed by atoms with Gasteiger partial charge in [0.2, 0.25) is 11.8 Å². The van der Waals surface area contributed by atoms with Crippen molar-refractivity contribution >= 4 is 35.1 Å². The van der Waals surface area contributed by atoms with E-state index in [1.807, 2.05) is 17.0 Å². The van der Waals surface area contributed by atoms with Gasteiger partial charge in [0.05, 0.1) is 17.3 Å². The molecule has 1 aliphatic heterocycles. The third-order valence-corrected chi connectivity index (χ3v) is 6.78. The lowest BCUT2D eigenvalue weighted by Gasteiger charge is -2.40. The van der Waals surface area contributed by atoms with E-state index in [1.165, 1.54) is 29.3 Å². The number of rotatable bonds is 9. The molecule has 8 heteroatoms. The van der Waals surface area contributed by atoms with Gasteiger partial charge in [0.25, 0.3) is 0 Å². The quantitative estimate of drug-likeness (QED) is 0.411. The number of nitrogens with one attached hydrogen (secondary N) is 1. The fraction of sp³-hybridized carbons (Fsp3) is 0.276. The highest BCUT2D eigenvalue weighted by Gasteiger charge is 2.28. The highest BCUT2D eigenvalue weighted by Crippen LogP contribution is 2.29. The summed E-state index contributed by atoms with van der Waals surface area (Å²) in [7, 11) is 0. The zero-order chi connectivity index (χ0) is 26.2. The number of halogens is 1. The molecule has 4 rings (SSSR count). The van der Waals surface area contributed by atoms with Crippen LogP contribution in [0.5, 0.6) is 0 Å². The van der Waals surface area contributed by atoms with Crippen molar-refractivity contribution in [3.05, 3.63) is 101 Å². The van der Waals surface area contributed by atoms with Gasteiger partial charge in [0, 0.05) is 44.0 Å². The number of carbonyl (C=O) groups excluding carboxylic acids is 2. The number of aromatic carboxylic acids is 1. The summed E-state index contributed by atoms with van der Waals surface area (Å²) >= 11 is 5.94. The molecule has 0 aliphatic carbocycles. The van der Waals surface area contributed by atoms with Crippen LogP contribution in [-0.4, -0.2) is 58.9 Å². The van der Waals surface area contributed by atoms with Crippen molar-refractivity contribution in [2.45, 2.75) is 25.3 Å². The number of carbonyl (C=O) groups is 3. The molecule has 192 valence electrons. The Morgan fingerprint density at radius 3 is 2.00 bits per heavy atom. The molecule has 3 aromatic rings. The van der Waals surface area contributed by atoms with Gasteiger partial charge in [0.1, 0.15) is 0 Å². The molecule has 2 N–H and O–H groups in total. The Morgan fingerprint density at radius 2 is 1.43 bits per heavy atom. The number of anilines is 1. The summed E-state index contributed by atoms with van der Waals surface area (Å²) in [6.45, 7) is 2.78. The molecule has 0 radical (unpaired) electrons. The van der Waals surface area contributed by atoms with E-state index < -0.39 is 5.97 Å². The first-order valence-electron chi connectivity index (χ1n) is 12.4. The zero-order valence-corrected chi connectivity index (χ0v) is 21.2. The van der Waals surface area contributed by atoms with Crippen molar-refractivity contribution in [2.75, 3.05) is 31.5 Å². The standard InChI is InChI=1S/C29H30ClN3O4/c30-23-14-15-24(29(36)37)25(20-23)31-26(34)12-7-13-27(35)32-16-18-33(19-17-32)28(21-8-3-1-4-9-21)22-10-5-2-6-11-22/h1-6,8-11,14-15,20,28H,7,12-13,16-19H2,(H,31,34)(H,36,37). The SMILES string of the molecule is O=C(CCCC(=O)N1CCN(C(c2ccccc2)c2ccccc2)CC1)Nc1cc(Cl)ccc1C(=O)O. The summed E-state index contributed by atoms with van der Waals surface area (Å²) in [6.07, 6.45) is 0.751. The average molecular weight is 520 g/mol. The predicted molar refractivity (Wildman–Crippen MR) is 144 cm³/mol. The van der Waals surface area contributed by atoms with E-state index in [4.69, 9.17) is 11.6 Å². The Labute approximate surface area is 221 Å². The topological polar surface area (TPSA) is 90.0 Å². The maximum absolute atomic E-state index is 12.8. The maximum Gasteiger partial charge on any atom is 0.337 e. The summed E-state index contributed by atoms with van der Waals surface area (Å²) in [5.74, 6) is -1.48. The third kappa shape index (κ3) is 6.96. The maximum atomic E-state index is 12.8. The highest BCUT2D eigenvalue weighted by molar-refractivity contribution is 6.31. The second-order valence-electron chi connectivity index (χ2n) is 9.04. The predicted octanol–water partition coefficient (Wildman–Crippen LogP) is 5.08. The first kappa shape index (κ1) is 26.4. The molecule has 1 aliphatic rings. The molecule has 37 heavy (non-hydrogen) atoms. The van der Waals surface area contributed by atoms with Crippen LogP contribution in [0.15, 0.2) is 78.9 Å². The van der Waals surface area contributed by atoms with Crippen LogP contribution in [0.2, 0.25) is 5.02 Å². The van der Waals surface area contributed by atoms with Crippen molar-refractivity contribution in [1.82, 2.24) is 9.80 Å². The van der Waals surface area contributed by atoms with Crippen molar-refractivity contribution in [3.8, 4) is 0 Å². The van der Waals surface area contributed by atoms with Gasteiger partial charge in [-0.2, -0.15) is 0 Å². The molecular weight excluding hydrogens is 490 g/mol. The Kier molecular flexibility index (Phi) is 8.93. The second-order valence-corrected chi connectivity index (χ2v) is 9.47. The number of hydrogen-bond acceptors (Lipinski definition) is 4. The number of piperazine rings is 1. The molecule has 0 unspecified atom stereocenters. The summed E-state index contributed by atoms with van der Waals surface area (Å²) in [5, 5.41) is 12.2. The van der Waals surface area contributed by atoms with Crippen LogP contribution in [0.3, 0.4) is 0 Å². The molecule has 0 spiro atoms. The summed E-state index contributed by atoms with van der Waals surface area (Å²) in [6, 6.07) is 25.2. The van der Waals surface area contributed by atoms with Crippen molar-refractivity contribution in [2.24, 2.45) is 0 Å². The highest BCUT2D eigenvalue weighted by atomic mass is 35.5. The first-order valence-corrected chi connectivity index (χ1v) is 12.7. The summed E-state index contributed by atoms with van der Waals surface area (Å²) in [5.41, 5.74) is 2.57. The third-order valence-electron chi connectivity index (χ3n) is 6.54. The minimum absolute atomic E-state index is 0.0254. The smallest absolute Gasteiger partial charge is 0.337 e. The van der Waals surface area contributed by atoms with Crippen LogP contribution in [-0.2, 0) is 9.59 Å². The molecule has 0 saturated carbocycles. The van der Waals surface area contributed by atoms with Gasteiger partial charge >= 0.3 is 5.97 Å². The van der Waals surface area contributed by atoms with Gasteiger partial charge in [-0.05, 0) is 35.7 Å². The van der Waals surface area contributed by atoms with Gasteiger partial charge < -0.3 is 15.3 Å². The second kappa shape index (κ2) is 12.5. The van der Waals surface area contributed by atoms with Crippen LogP contribution < -0.4 is 5.32 Å². The van der Waals surface area contributed by atoms with E-state index in [0.29, 0.717) is 24.5 Å². The molecule has 3 aromatic carbocycles. The lowest BCUT2D eigenvalue weighted by Crippen LogP contribution is -2.49. The van der Waals surface area contributed by atoms with E-state index in [0.717, 1.165) is 13.1 Å². The van der Waals surface area contributed by atoms with Gasteiger partial charge in [-0.15, -0.1) is 0 Å². The van der Waals surface area contributed by atoms with E-state index in [-0.39, 0.29) is 41.9 Å². The molecule has 1 heterocycles. The van der Waals surface area contributed by atoms with Crippen LogP contribution in [0.4, 0.5) is 5.69 Å². The Morgan fingerprint density at radius 1 is 0.838 bits per heavy atom. The van der Waals surface area contributed by atoms with Crippen LogP contribution >= 0.6 is 11.6 Å². The van der Waals surface area contributed by atoms with Gasteiger partial charge in [-0.1, -0.05) is 72.3 Å². The number of nitrogens with zero attached hydrogens (tertiary/aromatic N) is 2. The number of amides is 2. The Bertz CT molecular complexity index is 1190. The number of carboxylic acid groups (broad SMARTS) is 1. The lowest BCUT2D eigenvalue weighted by molar-refractivity contribution is -0.133. The lowest BCUT2D eigenvalue weighted by atomic mass is 9.96. The van der Waals surface area contributed by atoms with Gasteiger partial charge in [-0.25, -0.2) is 4.79 Å². The largest absolute Gasteiger partial charge is 0.478 e. The fourth-order valence-corrected chi connectivity index (χ4v) is 4.86.